The molecule has 4 fully saturated rings. The van der Waals surface area contributed by atoms with Gasteiger partial charge in [0.2, 0.25) is 0 Å². The molecule has 3 aromatic carbocycles. The molecule has 1 N–H and O–H groups in total. The summed E-state index contributed by atoms with van der Waals surface area (Å²) in [7, 11) is 0. The van der Waals surface area contributed by atoms with E-state index in [1.54, 1.807) is 18.2 Å². The van der Waals surface area contributed by atoms with Crippen molar-refractivity contribution in [3.63, 3.8) is 0 Å². The van der Waals surface area contributed by atoms with Crippen LogP contribution in [0.1, 0.15) is 44.6 Å². The van der Waals surface area contributed by atoms with Crippen molar-refractivity contribution in [3.8, 4) is 17.1 Å². The van der Waals surface area contributed by atoms with E-state index in [0.29, 0.717) is 54.6 Å². The third kappa shape index (κ3) is 4.76. The van der Waals surface area contributed by atoms with Crippen LogP contribution < -0.4 is 15.0 Å². The smallest absolute Gasteiger partial charge is 0.324 e. The predicted octanol–water partition coefficient (Wildman–Crippen LogP) is 6.84. The Morgan fingerprint density at radius 3 is 2.67 bits per heavy atom. The van der Waals surface area contributed by atoms with Gasteiger partial charge in [0.1, 0.15) is 29.1 Å². The normalized spacial score (nSPS) is 26.5. The number of piperazine rings is 1. The van der Waals surface area contributed by atoms with Gasteiger partial charge in [-0.2, -0.15) is 9.97 Å². The summed E-state index contributed by atoms with van der Waals surface area (Å²) in [4.78, 5) is 13.4. The zero-order chi connectivity index (χ0) is 30.9. The van der Waals surface area contributed by atoms with Crippen molar-refractivity contribution in [3.05, 3.63) is 71.8 Å². The number of benzene rings is 3. The minimum Gasteiger partial charge on any atom is -0.432 e. The SMILES string of the molecule is CCc1c(F)ccc2cccc(-c3c(F)cc4c(N5CC6CCC(C5)N6)nc(O/C=C/C56CCCN5C[C@H](F)C6)nc4c3F)c12. The predicted molar refractivity (Wildman–Crippen MR) is 167 cm³/mol. The van der Waals surface area contributed by atoms with Crippen molar-refractivity contribution in [2.24, 2.45) is 0 Å². The molecule has 4 aromatic rings. The molecule has 0 spiro atoms. The number of halogens is 4. The zero-order valence-corrected chi connectivity index (χ0v) is 25.1. The molecule has 4 atom stereocenters. The molecule has 45 heavy (non-hydrogen) atoms. The fraction of sp³-hybridized carbons (Fsp3) is 0.429. The molecule has 4 aliphatic heterocycles. The number of nitrogens with zero attached hydrogens (tertiary/aromatic N) is 4. The highest BCUT2D eigenvalue weighted by molar-refractivity contribution is 6.02. The first kappa shape index (κ1) is 28.7. The topological polar surface area (TPSA) is 53.5 Å². The fourth-order valence-electron chi connectivity index (χ4n) is 8.28. The average Bonchev–Trinajstić information content (AvgIpc) is 3.67. The van der Waals surface area contributed by atoms with Gasteiger partial charge >= 0.3 is 6.01 Å². The molecular formula is C35H35F4N5O. The third-order valence-corrected chi connectivity index (χ3v) is 10.3. The Bertz CT molecular complexity index is 1840. The molecule has 1 aromatic heterocycles. The Balaban J connectivity index is 1.27. The van der Waals surface area contributed by atoms with Gasteiger partial charge in [0, 0.05) is 49.1 Å². The molecule has 10 heteroatoms. The number of aromatic nitrogens is 2. The van der Waals surface area contributed by atoms with E-state index in [4.69, 9.17) is 9.72 Å². The van der Waals surface area contributed by atoms with Crippen molar-refractivity contribution in [1.82, 2.24) is 20.2 Å². The van der Waals surface area contributed by atoms with Crippen LogP contribution in [0.3, 0.4) is 0 Å². The number of aryl methyl sites for hydroxylation is 1. The molecule has 8 rings (SSSR count). The van der Waals surface area contributed by atoms with Crippen molar-refractivity contribution >= 4 is 27.5 Å². The van der Waals surface area contributed by atoms with Crippen LogP contribution in [0.4, 0.5) is 23.4 Å². The van der Waals surface area contributed by atoms with Gasteiger partial charge in [0.25, 0.3) is 0 Å². The number of anilines is 1. The molecule has 5 heterocycles. The maximum absolute atomic E-state index is 16.8. The van der Waals surface area contributed by atoms with E-state index in [1.165, 1.54) is 18.4 Å². The molecule has 0 amide bonds. The molecule has 3 unspecified atom stereocenters. The van der Waals surface area contributed by atoms with Crippen LogP contribution in [0, 0.1) is 17.5 Å². The summed E-state index contributed by atoms with van der Waals surface area (Å²) in [5.74, 6) is -1.62. The monoisotopic (exact) mass is 617 g/mol. The molecule has 0 saturated carbocycles. The van der Waals surface area contributed by atoms with Gasteiger partial charge in [-0.15, -0.1) is 0 Å². The summed E-state index contributed by atoms with van der Waals surface area (Å²) >= 11 is 0. The second-order valence-corrected chi connectivity index (χ2v) is 13.0. The van der Waals surface area contributed by atoms with Crippen LogP contribution in [-0.2, 0) is 6.42 Å². The molecule has 0 aliphatic carbocycles. The zero-order valence-electron chi connectivity index (χ0n) is 25.1. The lowest BCUT2D eigenvalue weighted by Gasteiger charge is -2.34. The van der Waals surface area contributed by atoms with Crippen LogP contribution in [0.5, 0.6) is 6.01 Å². The minimum absolute atomic E-state index is 0.0648. The highest BCUT2D eigenvalue weighted by atomic mass is 19.1. The first-order valence-corrected chi connectivity index (χ1v) is 16.0. The quantitative estimate of drug-likeness (QED) is 0.189. The largest absolute Gasteiger partial charge is 0.432 e. The number of nitrogens with one attached hydrogen (secondary N) is 1. The lowest BCUT2D eigenvalue weighted by Crippen LogP contribution is -2.51. The number of ether oxygens (including phenoxy) is 1. The van der Waals surface area contributed by atoms with Gasteiger partial charge in [-0.3, -0.25) is 4.90 Å². The van der Waals surface area contributed by atoms with Crippen LogP contribution in [0.25, 0.3) is 32.8 Å². The number of rotatable bonds is 6. The summed E-state index contributed by atoms with van der Waals surface area (Å²) < 4.78 is 68.2. The average molecular weight is 618 g/mol. The van der Waals surface area contributed by atoms with Gasteiger partial charge in [-0.05, 0) is 78.8 Å². The third-order valence-electron chi connectivity index (χ3n) is 10.3. The minimum atomic E-state index is -0.889. The number of hydrogen-bond acceptors (Lipinski definition) is 6. The maximum atomic E-state index is 16.8. The summed E-state index contributed by atoms with van der Waals surface area (Å²) in [5, 5.41) is 5.02. The van der Waals surface area contributed by atoms with Crippen LogP contribution in [-0.4, -0.2) is 64.8 Å². The first-order chi connectivity index (χ1) is 21.8. The van der Waals surface area contributed by atoms with E-state index in [2.05, 4.69) is 20.1 Å². The highest BCUT2D eigenvalue weighted by Gasteiger charge is 2.47. The summed E-state index contributed by atoms with van der Waals surface area (Å²) in [6, 6.07) is 9.91. The number of hydrogen-bond donors (Lipinski definition) is 1. The van der Waals surface area contributed by atoms with Crippen LogP contribution in [0.2, 0.25) is 0 Å². The molecule has 6 nitrogen and oxygen atoms in total. The van der Waals surface area contributed by atoms with Crippen molar-refractivity contribution in [2.75, 3.05) is 31.1 Å². The molecular weight excluding hydrogens is 582 g/mol. The molecule has 2 bridgehead atoms. The Labute approximate surface area is 259 Å². The second kappa shape index (κ2) is 10.9. The van der Waals surface area contributed by atoms with E-state index >= 15 is 8.78 Å². The molecule has 0 radical (unpaired) electrons. The van der Waals surface area contributed by atoms with Crippen molar-refractivity contribution in [1.29, 1.82) is 0 Å². The van der Waals surface area contributed by atoms with E-state index < -0.39 is 29.2 Å². The number of alkyl halides is 1. The molecule has 4 aliphatic rings. The fourth-order valence-corrected chi connectivity index (χ4v) is 8.28. The van der Waals surface area contributed by atoms with E-state index in [-0.39, 0.29) is 40.1 Å². The lowest BCUT2D eigenvalue weighted by molar-refractivity contribution is 0.243. The van der Waals surface area contributed by atoms with E-state index in [9.17, 15) is 8.78 Å². The number of fused-ring (bicyclic) bond motifs is 5. The van der Waals surface area contributed by atoms with Crippen LogP contribution >= 0.6 is 0 Å². The van der Waals surface area contributed by atoms with Gasteiger partial charge in [-0.1, -0.05) is 31.2 Å². The summed E-state index contributed by atoms with van der Waals surface area (Å²) in [6.45, 7) is 4.35. The Morgan fingerprint density at radius 2 is 1.87 bits per heavy atom. The first-order valence-electron chi connectivity index (χ1n) is 16.0. The standard InChI is InChI=1S/C35H35F4N5O/c1-2-24-27(37)10-7-20-5-3-6-25(29(20)24)30-28(38)15-26-32(31(30)39)41-34(42-33(26)43-18-22-8-9-23(19-43)40-22)45-14-12-35-11-4-13-44(35)17-21(36)16-35/h3,5-7,10,12,14-15,21-23,40H,2,4,8-9,11,13,16-19H2,1H3/b14-12+/t21-,22?,23?,35?/m1/s1. The Hall–Kier alpha value is -3.76. The maximum Gasteiger partial charge on any atom is 0.324 e. The van der Waals surface area contributed by atoms with Crippen molar-refractivity contribution in [2.45, 2.75) is 69.2 Å². The highest BCUT2D eigenvalue weighted by Crippen LogP contribution is 2.42. The summed E-state index contributed by atoms with van der Waals surface area (Å²) in [5.41, 5.74) is -0.0636. The molecule has 4 saturated heterocycles. The lowest BCUT2D eigenvalue weighted by atomic mass is 9.92. The van der Waals surface area contributed by atoms with Gasteiger partial charge in [0.15, 0.2) is 5.82 Å². The van der Waals surface area contributed by atoms with E-state index in [0.717, 1.165) is 32.2 Å². The van der Waals surface area contributed by atoms with Gasteiger partial charge in [-0.25, -0.2) is 17.6 Å². The van der Waals surface area contributed by atoms with Gasteiger partial charge in [0.05, 0.1) is 11.8 Å². The summed E-state index contributed by atoms with van der Waals surface area (Å²) in [6.07, 6.45) is 7.11. The van der Waals surface area contributed by atoms with E-state index in [1.807, 2.05) is 19.1 Å². The van der Waals surface area contributed by atoms with Gasteiger partial charge < -0.3 is 15.0 Å². The molecule has 234 valence electrons. The Morgan fingerprint density at radius 1 is 1.04 bits per heavy atom. The van der Waals surface area contributed by atoms with Crippen molar-refractivity contribution < 1.29 is 22.3 Å². The second-order valence-electron chi connectivity index (χ2n) is 13.0. The Kier molecular flexibility index (Phi) is 6.98. The van der Waals surface area contributed by atoms with Crippen LogP contribution in [0.15, 0.2) is 48.7 Å².